The Kier molecular flexibility index (Phi) is 7.91. The molecule has 142 valence electrons. The maximum absolute atomic E-state index is 12.8. The second kappa shape index (κ2) is 10.2. The fourth-order valence-corrected chi connectivity index (χ4v) is 3.25. The zero-order valence-corrected chi connectivity index (χ0v) is 16.6. The van der Waals surface area contributed by atoms with Crippen molar-refractivity contribution in [3.63, 3.8) is 0 Å². The number of hydrogen-bond donors (Lipinski definition) is 2. The average molecular weight is 377 g/mol. The summed E-state index contributed by atoms with van der Waals surface area (Å²) in [5, 5.41) is 6.70. The summed E-state index contributed by atoms with van der Waals surface area (Å²) in [4.78, 5) is 12.8. The van der Waals surface area contributed by atoms with Crippen LogP contribution in [0.15, 0.2) is 35.5 Å². The van der Waals surface area contributed by atoms with Crippen molar-refractivity contribution in [1.82, 2.24) is 10.6 Å². The lowest BCUT2D eigenvalue weighted by molar-refractivity contribution is -0.139. The van der Waals surface area contributed by atoms with Gasteiger partial charge in [-0.15, -0.1) is 0 Å². The topological polar surface area (TPSA) is 59.6 Å². The van der Waals surface area contributed by atoms with E-state index < -0.39 is 6.04 Å². The highest BCUT2D eigenvalue weighted by molar-refractivity contribution is 7.80. The van der Waals surface area contributed by atoms with E-state index in [2.05, 4.69) is 17.6 Å². The summed E-state index contributed by atoms with van der Waals surface area (Å²) in [6, 6.07) is 7.28. The van der Waals surface area contributed by atoms with Crippen molar-refractivity contribution >= 4 is 23.3 Å². The quantitative estimate of drug-likeness (QED) is 0.386. The zero-order chi connectivity index (χ0) is 18.9. The van der Waals surface area contributed by atoms with E-state index >= 15 is 0 Å². The smallest absolute Gasteiger partial charge is 0.338 e. The number of unbranched alkanes of at least 4 members (excludes halogenated alkanes) is 3. The molecule has 0 amide bonds. The summed E-state index contributed by atoms with van der Waals surface area (Å²) in [6.07, 6.45) is 4.26. The van der Waals surface area contributed by atoms with E-state index in [-0.39, 0.29) is 5.97 Å². The molecule has 0 bridgehead atoms. The molecule has 0 radical (unpaired) electrons. The first-order chi connectivity index (χ1) is 12.6. The maximum atomic E-state index is 12.8. The molecule has 26 heavy (non-hydrogen) atoms. The number of allylic oxidation sites excluding steroid dienone is 1. The van der Waals surface area contributed by atoms with Crippen LogP contribution in [-0.2, 0) is 9.53 Å². The molecule has 2 rings (SSSR count). The lowest BCUT2D eigenvalue weighted by Crippen LogP contribution is -2.45. The van der Waals surface area contributed by atoms with Gasteiger partial charge in [0.25, 0.3) is 0 Å². The number of esters is 1. The lowest BCUT2D eigenvalue weighted by atomic mass is 9.95. The van der Waals surface area contributed by atoms with Gasteiger partial charge in [0.1, 0.15) is 5.75 Å². The number of carbonyl (C=O) groups is 1. The van der Waals surface area contributed by atoms with Crippen LogP contribution in [-0.4, -0.2) is 24.3 Å². The first-order valence-corrected chi connectivity index (χ1v) is 9.66. The van der Waals surface area contributed by atoms with Crippen molar-refractivity contribution in [2.45, 2.75) is 52.5 Å². The first-order valence-electron chi connectivity index (χ1n) is 9.25. The van der Waals surface area contributed by atoms with E-state index in [0.717, 1.165) is 37.0 Å². The minimum absolute atomic E-state index is 0.321. The van der Waals surface area contributed by atoms with Crippen LogP contribution in [0.4, 0.5) is 0 Å². The molecule has 0 unspecified atom stereocenters. The number of rotatable bonds is 9. The van der Waals surface area contributed by atoms with Gasteiger partial charge in [0.2, 0.25) is 0 Å². The Morgan fingerprint density at radius 3 is 2.69 bits per heavy atom. The van der Waals surface area contributed by atoms with E-state index in [4.69, 9.17) is 21.7 Å². The van der Waals surface area contributed by atoms with Crippen LogP contribution in [0.2, 0.25) is 0 Å². The van der Waals surface area contributed by atoms with Gasteiger partial charge in [0.15, 0.2) is 5.11 Å². The second-order valence-corrected chi connectivity index (χ2v) is 6.65. The lowest BCUT2D eigenvalue weighted by Gasteiger charge is -2.30. The highest BCUT2D eigenvalue weighted by Crippen LogP contribution is 2.33. The standard InChI is InChI=1S/C20H28N2O3S/c1-4-6-7-10-13-25-19(23)17-14(3)21-20(26)22-18(17)15-11-8-9-12-16(15)24-5-2/h8-9,11-12,18H,4-7,10,13H2,1-3H3,(H2,21,22,26)/t18-/m0/s1. The molecule has 1 aromatic rings. The van der Waals surface area contributed by atoms with Gasteiger partial charge in [-0.3, -0.25) is 0 Å². The molecule has 6 heteroatoms. The maximum Gasteiger partial charge on any atom is 0.338 e. The molecule has 1 aromatic carbocycles. The van der Waals surface area contributed by atoms with Gasteiger partial charge < -0.3 is 20.1 Å². The molecule has 0 aromatic heterocycles. The van der Waals surface area contributed by atoms with Crippen LogP contribution in [0.25, 0.3) is 0 Å². The Morgan fingerprint density at radius 2 is 1.96 bits per heavy atom. The van der Waals surface area contributed by atoms with Gasteiger partial charge in [-0.1, -0.05) is 44.4 Å². The summed E-state index contributed by atoms with van der Waals surface area (Å²) in [6.45, 7) is 6.91. The molecule has 0 spiro atoms. The van der Waals surface area contributed by atoms with Crippen LogP contribution in [0.3, 0.4) is 0 Å². The van der Waals surface area contributed by atoms with Gasteiger partial charge in [0, 0.05) is 11.3 Å². The van der Waals surface area contributed by atoms with Gasteiger partial charge in [-0.25, -0.2) is 4.79 Å². The Labute approximate surface area is 161 Å². The summed E-state index contributed by atoms with van der Waals surface area (Å²) in [5.41, 5.74) is 2.13. The average Bonchev–Trinajstić information content (AvgIpc) is 2.61. The van der Waals surface area contributed by atoms with Crippen molar-refractivity contribution in [3.05, 3.63) is 41.1 Å². The first kappa shape index (κ1) is 20.2. The molecule has 1 aliphatic heterocycles. The van der Waals surface area contributed by atoms with Crippen molar-refractivity contribution in [2.75, 3.05) is 13.2 Å². The zero-order valence-electron chi connectivity index (χ0n) is 15.8. The van der Waals surface area contributed by atoms with E-state index in [0.29, 0.717) is 29.6 Å². The SMILES string of the molecule is CCCCCCOC(=O)C1=C(C)NC(=S)N[C@H]1c1ccccc1OCC. The third-order valence-electron chi connectivity index (χ3n) is 4.25. The van der Waals surface area contributed by atoms with Crippen LogP contribution >= 0.6 is 12.2 Å². The summed E-state index contributed by atoms with van der Waals surface area (Å²) >= 11 is 5.29. The van der Waals surface area contributed by atoms with E-state index in [1.807, 2.05) is 38.1 Å². The largest absolute Gasteiger partial charge is 0.494 e. The predicted octanol–water partition coefficient (Wildman–Crippen LogP) is 4.00. The van der Waals surface area contributed by atoms with Crippen LogP contribution < -0.4 is 15.4 Å². The van der Waals surface area contributed by atoms with Gasteiger partial charge >= 0.3 is 5.97 Å². The number of hydrogen-bond acceptors (Lipinski definition) is 4. The monoisotopic (exact) mass is 376 g/mol. The minimum Gasteiger partial charge on any atom is -0.494 e. The Bertz CT molecular complexity index is 673. The van der Waals surface area contributed by atoms with Gasteiger partial charge in [-0.2, -0.15) is 0 Å². The molecular weight excluding hydrogens is 348 g/mol. The third kappa shape index (κ3) is 5.21. The van der Waals surface area contributed by atoms with Gasteiger partial charge in [-0.05, 0) is 38.6 Å². The van der Waals surface area contributed by atoms with E-state index in [1.54, 1.807) is 0 Å². The Hall–Kier alpha value is -2.08. The van der Waals surface area contributed by atoms with Crippen LogP contribution in [0.1, 0.15) is 58.1 Å². The molecular formula is C20H28N2O3S. The number of para-hydroxylation sites is 1. The molecule has 5 nitrogen and oxygen atoms in total. The molecule has 1 heterocycles. The van der Waals surface area contributed by atoms with Crippen LogP contribution in [0.5, 0.6) is 5.75 Å². The summed E-state index contributed by atoms with van der Waals surface area (Å²) < 4.78 is 11.3. The molecule has 0 fully saturated rings. The van der Waals surface area contributed by atoms with Crippen molar-refractivity contribution < 1.29 is 14.3 Å². The highest BCUT2D eigenvalue weighted by Gasteiger charge is 2.32. The van der Waals surface area contributed by atoms with Crippen molar-refractivity contribution in [1.29, 1.82) is 0 Å². The number of carbonyl (C=O) groups excluding carboxylic acids is 1. The molecule has 1 aliphatic rings. The molecule has 1 atom stereocenters. The molecule has 0 saturated heterocycles. The van der Waals surface area contributed by atoms with E-state index in [1.165, 1.54) is 0 Å². The minimum atomic E-state index is -0.394. The summed E-state index contributed by atoms with van der Waals surface area (Å²) in [7, 11) is 0. The number of nitrogens with one attached hydrogen (secondary N) is 2. The normalized spacial score (nSPS) is 16.7. The fourth-order valence-electron chi connectivity index (χ4n) is 2.98. The summed E-state index contributed by atoms with van der Waals surface area (Å²) in [5.74, 6) is 0.413. The molecule has 0 saturated carbocycles. The highest BCUT2D eigenvalue weighted by atomic mass is 32.1. The number of benzene rings is 1. The third-order valence-corrected chi connectivity index (χ3v) is 4.47. The molecule has 2 N–H and O–H groups in total. The Morgan fingerprint density at radius 1 is 1.19 bits per heavy atom. The van der Waals surface area contributed by atoms with Crippen molar-refractivity contribution in [3.8, 4) is 5.75 Å². The number of thiocarbonyl (C=S) groups is 1. The number of ether oxygens (including phenoxy) is 2. The Balaban J connectivity index is 2.22. The van der Waals surface area contributed by atoms with E-state index in [9.17, 15) is 4.79 Å². The van der Waals surface area contributed by atoms with Gasteiger partial charge in [0.05, 0.1) is 24.8 Å². The van der Waals surface area contributed by atoms with Crippen LogP contribution in [0, 0.1) is 0 Å². The molecule has 0 aliphatic carbocycles. The predicted molar refractivity (Wildman–Crippen MR) is 107 cm³/mol. The van der Waals surface area contributed by atoms with Crippen molar-refractivity contribution in [2.24, 2.45) is 0 Å². The second-order valence-electron chi connectivity index (χ2n) is 6.24. The fraction of sp³-hybridized carbons (Fsp3) is 0.500.